The Bertz CT molecular complexity index is 301. The lowest BCUT2D eigenvalue weighted by molar-refractivity contribution is -0.137. The number of aromatic nitrogens is 1. The monoisotopic (exact) mass is 316 g/mol. The molecule has 0 fully saturated rings. The fraction of sp³-hybridized carbons (Fsp3) is 0.375. The van der Waals surface area contributed by atoms with E-state index >= 15 is 0 Å². The van der Waals surface area contributed by atoms with Crippen LogP contribution in [0, 0.1) is 0 Å². The molecule has 0 aliphatic heterocycles. The third-order valence-corrected chi connectivity index (χ3v) is 2.03. The third kappa shape index (κ3) is 3.32. The van der Waals surface area contributed by atoms with E-state index in [1.807, 2.05) is 0 Å². The van der Waals surface area contributed by atoms with Crippen molar-refractivity contribution in [1.29, 1.82) is 0 Å². The van der Waals surface area contributed by atoms with Gasteiger partial charge in [-0.1, -0.05) is 22.6 Å². The molecule has 0 saturated carbocycles. The van der Waals surface area contributed by atoms with Crippen LogP contribution in [-0.4, -0.2) is 16.0 Å². The first-order valence-electron chi connectivity index (χ1n) is 3.87. The van der Waals surface area contributed by atoms with Gasteiger partial charge >= 0.3 is 6.18 Å². The number of hydrogen-bond acceptors (Lipinski definition) is 2. The summed E-state index contributed by atoms with van der Waals surface area (Å²) in [6.07, 6.45) is -3.15. The van der Waals surface area contributed by atoms with Crippen LogP contribution in [0.15, 0.2) is 18.3 Å². The van der Waals surface area contributed by atoms with Crippen LogP contribution in [0.3, 0.4) is 0 Å². The van der Waals surface area contributed by atoms with Crippen LogP contribution >= 0.6 is 22.6 Å². The molecule has 0 spiro atoms. The Morgan fingerprint density at radius 3 is 2.71 bits per heavy atom. The molecule has 2 nitrogen and oxygen atoms in total. The number of alkyl halides is 4. The zero-order valence-corrected chi connectivity index (χ0v) is 9.26. The Labute approximate surface area is 93.1 Å². The highest BCUT2D eigenvalue weighted by Gasteiger charge is 2.30. The molecule has 14 heavy (non-hydrogen) atoms. The van der Waals surface area contributed by atoms with E-state index in [0.717, 1.165) is 22.8 Å². The van der Waals surface area contributed by atoms with Gasteiger partial charge in [-0.15, -0.1) is 0 Å². The molecule has 1 heterocycles. The minimum atomic E-state index is -4.30. The summed E-state index contributed by atoms with van der Waals surface area (Å²) in [7, 11) is 0. The number of nitrogens with zero attached hydrogens (tertiary/aromatic N) is 1. The highest BCUT2D eigenvalue weighted by Crippen LogP contribution is 2.29. The molecule has 0 aromatic carbocycles. The number of hydrogen-bond donors (Lipinski definition) is 1. The highest BCUT2D eigenvalue weighted by molar-refractivity contribution is 14.1. The summed E-state index contributed by atoms with van der Waals surface area (Å²) in [5, 5.41) is 2.79. The molecule has 1 aromatic rings. The van der Waals surface area contributed by atoms with Gasteiger partial charge in [0, 0.05) is 17.2 Å². The van der Waals surface area contributed by atoms with E-state index in [4.69, 9.17) is 0 Å². The summed E-state index contributed by atoms with van der Waals surface area (Å²) >= 11 is 2.13. The molecule has 1 rings (SSSR count). The Kier molecular flexibility index (Phi) is 3.97. The van der Waals surface area contributed by atoms with Gasteiger partial charge in [0.2, 0.25) is 0 Å². The predicted octanol–water partition coefficient (Wildman–Crippen LogP) is 2.95. The largest absolute Gasteiger partial charge is 0.416 e. The van der Waals surface area contributed by atoms with E-state index in [-0.39, 0.29) is 5.82 Å². The predicted molar refractivity (Wildman–Crippen MR) is 56.6 cm³/mol. The van der Waals surface area contributed by atoms with E-state index in [1.165, 1.54) is 0 Å². The van der Waals surface area contributed by atoms with Gasteiger partial charge in [0.15, 0.2) is 0 Å². The van der Waals surface area contributed by atoms with Crippen molar-refractivity contribution in [3.63, 3.8) is 0 Å². The van der Waals surface area contributed by atoms with E-state index < -0.39 is 11.7 Å². The molecule has 1 N–H and O–H groups in total. The van der Waals surface area contributed by atoms with Gasteiger partial charge < -0.3 is 5.32 Å². The average Bonchev–Trinajstić information content (AvgIpc) is 2.14. The summed E-state index contributed by atoms with van der Waals surface area (Å²) in [5.41, 5.74) is -0.677. The van der Waals surface area contributed by atoms with Gasteiger partial charge in [-0.3, -0.25) is 0 Å². The molecular weight excluding hydrogens is 308 g/mol. The fourth-order valence-corrected chi connectivity index (χ4v) is 1.15. The minimum absolute atomic E-state index is 0.261. The summed E-state index contributed by atoms with van der Waals surface area (Å²) in [5.74, 6) is 0.261. The molecule has 78 valence electrons. The van der Waals surface area contributed by atoms with Crippen LogP contribution in [0.4, 0.5) is 19.0 Å². The van der Waals surface area contributed by atoms with Gasteiger partial charge in [-0.05, 0) is 12.1 Å². The summed E-state index contributed by atoms with van der Waals surface area (Å²) in [6.45, 7) is 0.606. The molecular formula is C8H8F3IN2. The van der Waals surface area contributed by atoms with Gasteiger partial charge in [0.1, 0.15) is 5.82 Å². The summed E-state index contributed by atoms with van der Waals surface area (Å²) in [4.78, 5) is 3.78. The number of rotatable bonds is 3. The lowest BCUT2D eigenvalue weighted by Gasteiger charge is -2.08. The van der Waals surface area contributed by atoms with E-state index in [9.17, 15) is 13.2 Å². The molecule has 0 aliphatic rings. The number of pyridine rings is 1. The third-order valence-electron chi connectivity index (χ3n) is 1.49. The molecule has 0 radical (unpaired) electrons. The number of anilines is 1. The number of halogens is 4. The zero-order chi connectivity index (χ0) is 10.6. The smallest absolute Gasteiger partial charge is 0.369 e. The normalized spacial score (nSPS) is 11.4. The lowest BCUT2D eigenvalue weighted by Crippen LogP contribution is -2.08. The number of nitrogens with one attached hydrogen (secondary N) is 1. The Morgan fingerprint density at radius 2 is 2.14 bits per heavy atom. The average molecular weight is 316 g/mol. The zero-order valence-electron chi connectivity index (χ0n) is 7.11. The van der Waals surface area contributed by atoms with Crippen LogP contribution in [-0.2, 0) is 6.18 Å². The van der Waals surface area contributed by atoms with Crippen molar-refractivity contribution in [2.75, 3.05) is 16.3 Å². The van der Waals surface area contributed by atoms with Crippen molar-refractivity contribution in [3.05, 3.63) is 23.9 Å². The van der Waals surface area contributed by atoms with Gasteiger partial charge in [0.25, 0.3) is 0 Å². The standard InChI is InChI=1S/C8H8F3IN2/c9-8(10,11)6-1-3-13-7(5-6)14-4-2-12/h1,3,5H,2,4H2,(H,13,14). The molecule has 0 unspecified atom stereocenters. The molecule has 0 saturated heterocycles. The Hall–Kier alpha value is -0.530. The molecule has 1 aromatic heterocycles. The second-order valence-electron chi connectivity index (χ2n) is 2.54. The first-order valence-corrected chi connectivity index (χ1v) is 5.39. The molecule has 0 bridgehead atoms. The van der Waals surface area contributed by atoms with Crippen LogP contribution < -0.4 is 5.32 Å². The Balaban J connectivity index is 2.79. The first-order chi connectivity index (χ1) is 6.54. The maximum Gasteiger partial charge on any atom is 0.416 e. The summed E-state index contributed by atoms with van der Waals surface area (Å²) < 4.78 is 37.5. The van der Waals surface area contributed by atoms with E-state index in [2.05, 4.69) is 32.9 Å². The van der Waals surface area contributed by atoms with Crippen LogP contribution in [0.25, 0.3) is 0 Å². The van der Waals surface area contributed by atoms with Gasteiger partial charge in [0.05, 0.1) is 5.56 Å². The van der Waals surface area contributed by atoms with Crippen molar-refractivity contribution in [3.8, 4) is 0 Å². The van der Waals surface area contributed by atoms with Crippen LogP contribution in [0.1, 0.15) is 5.56 Å². The maximum absolute atomic E-state index is 12.2. The second kappa shape index (κ2) is 4.81. The van der Waals surface area contributed by atoms with Crippen molar-refractivity contribution in [2.45, 2.75) is 6.18 Å². The minimum Gasteiger partial charge on any atom is -0.369 e. The second-order valence-corrected chi connectivity index (χ2v) is 3.62. The Morgan fingerprint density at radius 1 is 1.43 bits per heavy atom. The van der Waals surface area contributed by atoms with Crippen LogP contribution in [0.5, 0.6) is 0 Å². The lowest BCUT2D eigenvalue weighted by atomic mass is 10.2. The van der Waals surface area contributed by atoms with Crippen LogP contribution in [0.2, 0.25) is 0 Å². The van der Waals surface area contributed by atoms with Gasteiger partial charge in [-0.25, -0.2) is 4.98 Å². The summed E-state index contributed by atoms with van der Waals surface area (Å²) in [6, 6.07) is 1.96. The van der Waals surface area contributed by atoms with Crippen molar-refractivity contribution in [1.82, 2.24) is 4.98 Å². The molecule has 6 heteroatoms. The first kappa shape index (κ1) is 11.5. The molecule has 0 atom stereocenters. The van der Waals surface area contributed by atoms with Crippen molar-refractivity contribution in [2.24, 2.45) is 0 Å². The van der Waals surface area contributed by atoms with E-state index in [0.29, 0.717) is 6.54 Å². The van der Waals surface area contributed by atoms with Crippen molar-refractivity contribution >= 4 is 28.4 Å². The SMILES string of the molecule is FC(F)(F)c1ccnc(NCCI)c1. The highest BCUT2D eigenvalue weighted by atomic mass is 127. The molecule has 0 aliphatic carbocycles. The molecule has 0 amide bonds. The van der Waals surface area contributed by atoms with Crippen molar-refractivity contribution < 1.29 is 13.2 Å². The maximum atomic E-state index is 12.2. The van der Waals surface area contributed by atoms with Gasteiger partial charge in [-0.2, -0.15) is 13.2 Å². The topological polar surface area (TPSA) is 24.9 Å². The van der Waals surface area contributed by atoms with E-state index in [1.54, 1.807) is 0 Å². The quantitative estimate of drug-likeness (QED) is 0.685. The fourth-order valence-electron chi connectivity index (χ4n) is 0.879.